The van der Waals surface area contributed by atoms with Gasteiger partial charge in [-0.3, -0.25) is 0 Å². The van der Waals surface area contributed by atoms with Crippen molar-refractivity contribution in [2.75, 3.05) is 7.11 Å². The van der Waals surface area contributed by atoms with Gasteiger partial charge in [-0.25, -0.2) is 0 Å². The molecule has 1 N–H and O–H groups in total. The Morgan fingerprint density at radius 3 is 2.76 bits per heavy atom. The van der Waals surface area contributed by atoms with Crippen molar-refractivity contribution < 1.29 is 9.84 Å². The summed E-state index contributed by atoms with van der Waals surface area (Å²) in [4.78, 5) is 0. The zero-order valence-electron chi connectivity index (χ0n) is 10.8. The Morgan fingerprint density at radius 1 is 1.41 bits per heavy atom. The van der Waals surface area contributed by atoms with Crippen molar-refractivity contribution in [2.24, 2.45) is 5.92 Å². The fourth-order valence-electron chi connectivity index (χ4n) is 2.52. The van der Waals surface area contributed by atoms with Crippen molar-refractivity contribution in [3.63, 3.8) is 0 Å². The number of rotatable bonds is 5. The lowest BCUT2D eigenvalue weighted by molar-refractivity contribution is 0.117. The smallest absolute Gasteiger partial charge is 0.122 e. The standard InChI is InChI=1S/C15H22O2/c1-11-6-7-15(17-2)13(8-11)10-14(16)9-12-4-3-5-12/h6-8,12,14,16H,3-5,9-10H2,1-2H3. The van der Waals surface area contributed by atoms with Crippen molar-refractivity contribution in [1.29, 1.82) is 0 Å². The molecule has 0 heterocycles. The van der Waals surface area contributed by atoms with Crippen molar-refractivity contribution in [3.05, 3.63) is 29.3 Å². The molecule has 17 heavy (non-hydrogen) atoms. The molecule has 1 unspecified atom stereocenters. The molecule has 0 amide bonds. The third-order valence-electron chi connectivity index (χ3n) is 3.72. The molecule has 0 saturated heterocycles. The summed E-state index contributed by atoms with van der Waals surface area (Å²) in [5.41, 5.74) is 2.34. The van der Waals surface area contributed by atoms with E-state index in [1.165, 1.54) is 24.8 Å². The Balaban J connectivity index is 1.98. The van der Waals surface area contributed by atoms with Gasteiger partial charge in [-0.05, 0) is 30.9 Å². The molecular weight excluding hydrogens is 212 g/mol. The molecule has 0 bridgehead atoms. The second-order valence-electron chi connectivity index (χ2n) is 5.21. The highest BCUT2D eigenvalue weighted by atomic mass is 16.5. The van der Waals surface area contributed by atoms with Crippen LogP contribution in [0.2, 0.25) is 0 Å². The summed E-state index contributed by atoms with van der Waals surface area (Å²) in [6.45, 7) is 2.07. The minimum atomic E-state index is -0.226. The molecule has 0 spiro atoms. The summed E-state index contributed by atoms with van der Waals surface area (Å²) in [5, 5.41) is 10.1. The Bertz CT molecular complexity index is 369. The average Bonchev–Trinajstić information content (AvgIpc) is 2.24. The van der Waals surface area contributed by atoms with Crippen LogP contribution in [0.3, 0.4) is 0 Å². The van der Waals surface area contributed by atoms with Gasteiger partial charge in [0, 0.05) is 6.42 Å². The van der Waals surface area contributed by atoms with Gasteiger partial charge < -0.3 is 9.84 Å². The van der Waals surface area contributed by atoms with E-state index in [1.54, 1.807) is 7.11 Å². The van der Waals surface area contributed by atoms with Crippen LogP contribution in [-0.2, 0) is 6.42 Å². The fourth-order valence-corrected chi connectivity index (χ4v) is 2.52. The highest BCUT2D eigenvalue weighted by Gasteiger charge is 2.21. The molecule has 2 rings (SSSR count). The first-order valence-corrected chi connectivity index (χ1v) is 6.50. The van der Waals surface area contributed by atoms with Crippen LogP contribution in [0, 0.1) is 12.8 Å². The van der Waals surface area contributed by atoms with E-state index in [2.05, 4.69) is 13.0 Å². The second kappa shape index (κ2) is 5.54. The summed E-state index contributed by atoms with van der Waals surface area (Å²) in [6.07, 6.45) is 5.35. The number of hydrogen-bond donors (Lipinski definition) is 1. The summed E-state index contributed by atoms with van der Waals surface area (Å²) in [7, 11) is 1.69. The molecule has 1 aromatic rings. The number of aliphatic hydroxyl groups excluding tert-OH is 1. The molecule has 0 aliphatic heterocycles. The van der Waals surface area contributed by atoms with Crippen LogP contribution < -0.4 is 4.74 Å². The van der Waals surface area contributed by atoms with Crippen LogP contribution in [0.5, 0.6) is 5.75 Å². The molecule has 1 aromatic carbocycles. The second-order valence-corrected chi connectivity index (χ2v) is 5.21. The van der Waals surface area contributed by atoms with Crippen LogP contribution in [0.15, 0.2) is 18.2 Å². The maximum absolute atomic E-state index is 10.1. The largest absolute Gasteiger partial charge is 0.496 e. The minimum Gasteiger partial charge on any atom is -0.496 e. The van der Waals surface area contributed by atoms with Gasteiger partial charge in [0.1, 0.15) is 5.75 Å². The zero-order valence-corrected chi connectivity index (χ0v) is 10.8. The molecule has 2 nitrogen and oxygen atoms in total. The number of aliphatic hydroxyl groups is 1. The summed E-state index contributed by atoms with van der Waals surface area (Å²) in [6, 6.07) is 6.14. The van der Waals surface area contributed by atoms with Crippen LogP contribution >= 0.6 is 0 Å². The Labute approximate surface area is 104 Å². The van der Waals surface area contributed by atoms with E-state index in [4.69, 9.17) is 4.74 Å². The van der Waals surface area contributed by atoms with Gasteiger partial charge in [0.2, 0.25) is 0 Å². The maximum Gasteiger partial charge on any atom is 0.122 e. The average molecular weight is 234 g/mol. The lowest BCUT2D eigenvalue weighted by Gasteiger charge is -2.27. The van der Waals surface area contributed by atoms with E-state index in [0.29, 0.717) is 6.42 Å². The molecular formula is C15H22O2. The van der Waals surface area contributed by atoms with E-state index < -0.39 is 0 Å². The summed E-state index contributed by atoms with van der Waals surface area (Å²) >= 11 is 0. The highest BCUT2D eigenvalue weighted by molar-refractivity contribution is 5.37. The predicted octanol–water partition coefficient (Wildman–Crippen LogP) is 3.10. The molecule has 1 fully saturated rings. The number of aryl methyl sites for hydroxylation is 1. The van der Waals surface area contributed by atoms with Crippen LogP contribution in [0.4, 0.5) is 0 Å². The van der Waals surface area contributed by atoms with Gasteiger partial charge in [0.25, 0.3) is 0 Å². The van der Waals surface area contributed by atoms with Gasteiger partial charge in [0.15, 0.2) is 0 Å². The Hall–Kier alpha value is -1.02. The number of hydrogen-bond acceptors (Lipinski definition) is 2. The van der Waals surface area contributed by atoms with E-state index in [1.807, 2.05) is 12.1 Å². The van der Waals surface area contributed by atoms with E-state index in [9.17, 15) is 5.11 Å². The lowest BCUT2D eigenvalue weighted by atomic mass is 9.80. The number of benzene rings is 1. The topological polar surface area (TPSA) is 29.5 Å². The van der Waals surface area contributed by atoms with Crippen molar-refractivity contribution in [3.8, 4) is 5.75 Å². The van der Waals surface area contributed by atoms with E-state index in [0.717, 1.165) is 23.7 Å². The van der Waals surface area contributed by atoms with E-state index >= 15 is 0 Å². The van der Waals surface area contributed by atoms with Gasteiger partial charge in [-0.1, -0.05) is 37.0 Å². The third-order valence-corrected chi connectivity index (χ3v) is 3.72. The van der Waals surface area contributed by atoms with Crippen LogP contribution in [-0.4, -0.2) is 18.3 Å². The first kappa shape index (κ1) is 12.4. The van der Waals surface area contributed by atoms with Gasteiger partial charge in [-0.2, -0.15) is 0 Å². The Kier molecular flexibility index (Phi) is 4.06. The molecule has 1 aliphatic carbocycles. The summed E-state index contributed by atoms with van der Waals surface area (Å²) < 4.78 is 5.34. The number of ether oxygens (including phenoxy) is 1. The van der Waals surface area contributed by atoms with Gasteiger partial charge in [0.05, 0.1) is 13.2 Å². The van der Waals surface area contributed by atoms with Gasteiger partial charge >= 0.3 is 0 Å². The zero-order chi connectivity index (χ0) is 12.3. The quantitative estimate of drug-likeness (QED) is 0.848. The number of methoxy groups -OCH3 is 1. The van der Waals surface area contributed by atoms with Crippen molar-refractivity contribution in [1.82, 2.24) is 0 Å². The first-order valence-electron chi connectivity index (χ1n) is 6.50. The third kappa shape index (κ3) is 3.22. The SMILES string of the molecule is COc1ccc(C)cc1CC(O)CC1CCC1. The molecule has 1 saturated carbocycles. The highest BCUT2D eigenvalue weighted by Crippen LogP contribution is 2.32. The molecule has 1 atom stereocenters. The van der Waals surface area contributed by atoms with Crippen LogP contribution in [0.1, 0.15) is 36.8 Å². The monoisotopic (exact) mass is 234 g/mol. The molecule has 0 aromatic heterocycles. The van der Waals surface area contributed by atoms with Crippen molar-refractivity contribution in [2.45, 2.75) is 45.1 Å². The lowest BCUT2D eigenvalue weighted by Crippen LogP contribution is -2.21. The minimum absolute atomic E-state index is 0.226. The molecule has 0 radical (unpaired) electrons. The maximum atomic E-state index is 10.1. The molecule has 2 heteroatoms. The normalized spacial score (nSPS) is 17.6. The van der Waals surface area contributed by atoms with Crippen molar-refractivity contribution >= 4 is 0 Å². The van der Waals surface area contributed by atoms with Crippen LogP contribution in [0.25, 0.3) is 0 Å². The first-order chi connectivity index (χ1) is 8.19. The Morgan fingerprint density at radius 2 is 2.18 bits per heavy atom. The molecule has 1 aliphatic rings. The van der Waals surface area contributed by atoms with Gasteiger partial charge in [-0.15, -0.1) is 0 Å². The summed E-state index contributed by atoms with van der Waals surface area (Å²) in [5.74, 6) is 1.64. The fraction of sp³-hybridized carbons (Fsp3) is 0.600. The molecule has 94 valence electrons. The predicted molar refractivity (Wildman–Crippen MR) is 69.4 cm³/mol. The van der Waals surface area contributed by atoms with E-state index in [-0.39, 0.29) is 6.10 Å².